The summed E-state index contributed by atoms with van der Waals surface area (Å²) in [4.78, 5) is 0. The fourth-order valence-corrected chi connectivity index (χ4v) is 3.12. The van der Waals surface area contributed by atoms with Crippen molar-refractivity contribution in [3.8, 4) is 9.89 Å². The van der Waals surface area contributed by atoms with Gasteiger partial charge in [-0.15, -0.1) is 0 Å². The summed E-state index contributed by atoms with van der Waals surface area (Å²) in [6.45, 7) is 4.51. The predicted molar refractivity (Wildman–Crippen MR) is 62.0 cm³/mol. The average molecular weight is 294 g/mol. The van der Waals surface area contributed by atoms with E-state index in [1.807, 2.05) is 0 Å². The molecule has 1 heteroatoms. The Morgan fingerprint density at radius 1 is 0.923 bits per heavy atom. The molecule has 0 spiro atoms. The number of unbranched alkanes of at least 4 members (excludes halogenated alkanes) is 5. The van der Waals surface area contributed by atoms with E-state index < -0.39 is 0 Å². The third-order valence-electron chi connectivity index (χ3n) is 1.90. The molecular weight excluding hydrogens is 272 g/mol. The van der Waals surface area contributed by atoms with Gasteiger partial charge in [0.2, 0.25) is 0 Å². The Morgan fingerprint density at radius 3 is 2.38 bits per heavy atom. The van der Waals surface area contributed by atoms with Crippen LogP contribution in [0.15, 0.2) is 0 Å². The molecule has 0 aromatic carbocycles. The van der Waals surface area contributed by atoms with Crippen LogP contribution in [0.5, 0.6) is 0 Å². The van der Waals surface area contributed by atoms with Crippen LogP contribution in [0, 0.1) is 9.89 Å². The monoisotopic (exact) mass is 296 g/mol. The molecule has 13 heavy (non-hydrogen) atoms. The van der Waals surface area contributed by atoms with Crippen molar-refractivity contribution in [1.29, 1.82) is 0 Å². The van der Waals surface area contributed by atoms with Crippen LogP contribution in [0.4, 0.5) is 0 Å². The molecule has 0 bridgehead atoms. The third kappa shape index (κ3) is 12.3. The Kier molecular flexibility index (Phi) is 12.7. The second-order valence-electron chi connectivity index (χ2n) is 3.29. The summed E-state index contributed by atoms with van der Waals surface area (Å²) in [5.74, 6) is 3.31. The fourth-order valence-electron chi connectivity index (χ4n) is 1.01. The van der Waals surface area contributed by atoms with E-state index in [0.717, 1.165) is 6.42 Å². The fraction of sp³-hybridized carbons (Fsp3) is 0.833. The number of hydrogen-bond donors (Lipinski definition) is 0. The molecule has 0 aliphatic heterocycles. The van der Waals surface area contributed by atoms with Crippen LogP contribution in [0.2, 0.25) is 4.47 Å². The molecule has 0 aliphatic rings. The Labute approximate surface area is 94.0 Å². The van der Waals surface area contributed by atoms with E-state index in [-0.39, 0.29) is 20.9 Å². The minimum absolute atomic E-state index is 0.0710. The minimum atomic E-state index is 0.0710. The van der Waals surface area contributed by atoms with E-state index in [1.165, 1.54) is 43.0 Å². The van der Waals surface area contributed by atoms with E-state index in [4.69, 9.17) is 0 Å². The van der Waals surface area contributed by atoms with Crippen molar-refractivity contribution in [3.05, 3.63) is 0 Å². The number of rotatable bonds is 7. The van der Waals surface area contributed by atoms with Crippen LogP contribution in [0.3, 0.4) is 0 Å². The van der Waals surface area contributed by atoms with Gasteiger partial charge in [0.25, 0.3) is 0 Å². The first-order valence-electron chi connectivity index (χ1n) is 5.51. The van der Waals surface area contributed by atoms with Gasteiger partial charge < -0.3 is 0 Å². The summed E-state index contributed by atoms with van der Waals surface area (Å²) < 4.78 is 4.80. The van der Waals surface area contributed by atoms with Crippen LogP contribution in [-0.2, 0) is 0 Å². The summed E-state index contributed by atoms with van der Waals surface area (Å²) >= 11 is 0.0710. The SMILES string of the molecule is CCCCCCC#C[Te]CCCC. The molecule has 0 radical (unpaired) electrons. The maximum atomic E-state index is 3.38. The summed E-state index contributed by atoms with van der Waals surface area (Å²) in [7, 11) is 0. The molecule has 0 heterocycles. The first-order chi connectivity index (χ1) is 6.41. The second-order valence-corrected chi connectivity index (χ2v) is 5.86. The predicted octanol–water partition coefficient (Wildman–Crippen LogP) is 3.84. The second kappa shape index (κ2) is 12.3. The Morgan fingerprint density at radius 2 is 1.69 bits per heavy atom. The van der Waals surface area contributed by atoms with E-state index in [2.05, 4.69) is 23.7 Å². The maximum absolute atomic E-state index is 3.38. The summed E-state index contributed by atoms with van der Waals surface area (Å²) in [6.07, 6.45) is 9.29. The summed E-state index contributed by atoms with van der Waals surface area (Å²) in [6, 6.07) is 0. The molecule has 76 valence electrons. The van der Waals surface area contributed by atoms with Crippen molar-refractivity contribution < 1.29 is 0 Å². The van der Waals surface area contributed by atoms with Gasteiger partial charge in [-0.2, -0.15) is 0 Å². The van der Waals surface area contributed by atoms with E-state index in [1.54, 1.807) is 0 Å². The van der Waals surface area contributed by atoms with Crippen molar-refractivity contribution in [2.75, 3.05) is 0 Å². The van der Waals surface area contributed by atoms with Gasteiger partial charge in [0.05, 0.1) is 0 Å². The molecule has 0 rings (SSSR count). The number of hydrogen-bond acceptors (Lipinski definition) is 0. The van der Waals surface area contributed by atoms with Gasteiger partial charge in [0.15, 0.2) is 0 Å². The van der Waals surface area contributed by atoms with Crippen LogP contribution in [0.25, 0.3) is 0 Å². The van der Waals surface area contributed by atoms with Crippen molar-refractivity contribution in [3.63, 3.8) is 0 Å². The van der Waals surface area contributed by atoms with Gasteiger partial charge in [-0.05, 0) is 0 Å². The first-order valence-corrected chi connectivity index (χ1v) is 8.32. The molecule has 0 amide bonds. The Balaban J connectivity index is 3.02. The van der Waals surface area contributed by atoms with Crippen molar-refractivity contribution >= 4 is 20.9 Å². The third-order valence-corrected chi connectivity index (χ3v) is 4.13. The van der Waals surface area contributed by atoms with Crippen LogP contribution in [-0.4, -0.2) is 20.9 Å². The first kappa shape index (κ1) is 13.3. The van der Waals surface area contributed by atoms with Gasteiger partial charge in [-0.1, -0.05) is 0 Å². The summed E-state index contributed by atoms with van der Waals surface area (Å²) in [5.41, 5.74) is 0. The molecular formula is C12H22Te. The molecule has 0 nitrogen and oxygen atoms in total. The van der Waals surface area contributed by atoms with Crippen LogP contribution < -0.4 is 0 Å². The standard InChI is InChI=1S/C12H22Te/c1-3-5-7-8-9-10-12-13-11-6-4-2/h3-9,11H2,1-2H3. The Hall–Kier alpha value is 0.350. The molecule has 0 saturated heterocycles. The van der Waals surface area contributed by atoms with Crippen molar-refractivity contribution in [2.45, 2.75) is 63.3 Å². The van der Waals surface area contributed by atoms with Gasteiger partial charge in [0.1, 0.15) is 0 Å². The zero-order chi connectivity index (χ0) is 9.78. The molecule has 0 N–H and O–H groups in total. The van der Waals surface area contributed by atoms with Crippen molar-refractivity contribution in [1.82, 2.24) is 0 Å². The van der Waals surface area contributed by atoms with Crippen LogP contribution in [0.1, 0.15) is 58.8 Å². The zero-order valence-electron chi connectivity index (χ0n) is 9.07. The van der Waals surface area contributed by atoms with Crippen molar-refractivity contribution in [2.24, 2.45) is 0 Å². The molecule has 0 aromatic rings. The zero-order valence-corrected chi connectivity index (χ0v) is 11.4. The van der Waals surface area contributed by atoms with Gasteiger partial charge in [-0.3, -0.25) is 0 Å². The topological polar surface area (TPSA) is 0 Å². The van der Waals surface area contributed by atoms with E-state index >= 15 is 0 Å². The van der Waals surface area contributed by atoms with E-state index in [0.29, 0.717) is 0 Å². The van der Waals surface area contributed by atoms with Gasteiger partial charge >= 0.3 is 94.1 Å². The normalized spacial score (nSPS) is 9.38. The molecule has 0 aromatic heterocycles. The van der Waals surface area contributed by atoms with Gasteiger partial charge in [-0.25, -0.2) is 0 Å². The Bertz CT molecular complexity index is 141. The molecule has 0 saturated carbocycles. The van der Waals surface area contributed by atoms with Crippen LogP contribution >= 0.6 is 0 Å². The molecule has 0 aliphatic carbocycles. The van der Waals surface area contributed by atoms with Gasteiger partial charge in [0, 0.05) is 0 Å². The average Bonchev–Trinajstić information content (AvgIpc) is 2.16. The molecule has 0 unspecified atom stereocenters. The summed E-state index contributed by atoms with van der Waals surface area (Å²) in [5, 5.41) is 0. The van der Waals surface area contributed by atoms with E-state index in [9.17, 15) is 0 Å². The molecule has 0 atom stereocenters. The molecule has 0 fully saturated rings. The quantitative estimate of drug-likeness (QED) is 0.380.